The molecule has 1 atom stereocenters. The molecule has 3 heterocycles. The van der Waals surface area contributed by atoms with Gasteiger partial charge in [0.15, 0.2) is 0 Å². The molecule has 7 heteroatoms. The highest BCUT2D eigenvalue weighted by Gasteiger charge is 2.54. The van der Waals surface area contributed by atoms with E-state index in [1.165, 1.54) is 0 Å². The Hall–Kier alpha value is -2.67. The lowest BCUT2D eigenvalue weighted by Gasteiger charge is -2.32. The van der Waals surface area contributed by atoms with Gasteiger partial charge in [0.2, 0.25) is 5.91 Å². The molecule has 0 bridgehead atoms. The van der Waals surface area contributed by atoms with E-state index in [1.807, 2.05) is 35.7 Å². The first kappa shape index (κ1) is 17.4. The van der Waals surface area contributed by atoms with Gasteiger partial charge in [-0.3, -0.25) is 14.5 Å². The van der Waals surface area contributed by atoms with Crippen LogP contribution in [-0.4, -0.2) is 35.8 Å². The molecule has 1 fully saturated rings. The van der Waals surface area contributed by atoms with Gasteiger partial charge in [0.25, 0.3) is 5.91 Å². The number of benzene rings is 1. The Morgan fingerprint density at radius 3 is 2.89 bits per heavy atom. The molecule has 3 aliphatic rings. The molecule has 0 radical (unpaired) electrons. The maximum atomic E-state index is 13.3. The number of thiophene rings is 1. The van der Waals surface area contributed by atoms with Crippen molar-refractivity contribution in [3.8, 4) is 0 Å². The predicted octanol–water partition coefficient (Wildman–Crippen LogP) is 2.81. The molecule has 6 nitrogen and oxygen atoms in total. The molecule has 144 valence electrons. The monoisotopic (exact) mass is 395 g/mol. The van der Waals surface area contributed by atoms with Crippen LogP contribution in [0.1, 0.15) is 35.3 Å². The Labute approximate surface area is 167 Å². The van der Waals surface area contributed by atoms with E-state index in [1.54, 1.807) is 16.2 Å². The van der Waals surface area contributed by atoms with Crippen LogP contribution in [0.3, 0.4) is 0 Å². The van der Waals surface area contributed by atoms with Crippen molar-refractivity contribution in [3.63, 3.8) is 0 Å². The van der Waals surface area contributed by atoms with Crippen LogP contribution < -0.4 is 10.2 Å². The highest BCUT2D eigenvalue weighted by atomic mass is 32.1. The third kappa shape index (κ3) is 2.49. The van der Waals surface area contributed by atoms with Crippen LogP contribution in [0.2, 0.25) is 0 Å². The van der Waals surface area contributed by atoms with E-state index in [0.29, 0.717) is 13.0 Å². The molecule has 4 amide bonds. The van der Waals surface area contributed by atoms with Crippen LogP contribution in [0.15, 0.2) is 35.7 Å². The van der Waals surface area contributed by atoms with Crippen molar-refractivity contribution in [2.75, 3.05) is 18.0 Å². The molecule has 1 saturated heterocycles. The average molecular weight is 395 g/mol. The van der Waals surface area contributed by atoms with Crippen molar-refractivity contribution in [2.24, 2.45) is 0 Å². The van der Waals surface area contributed by atoms with Gasteiger partial charge in [0.1, 0.15) is 12.1 Å². The second kappa shape index (κ2) is 6.44. The largest absolute Gasteiger partial charge is 0.325 e. The Balaban J connectivity index is 1.41. The van der Waals surface area contributed by atoms with Gasteiger partial charge in [0.05, 0.1) is 0 Å². The van der Waals surface area contributed by atoms with Crippen molar-refractivity contribution in [3.05, 3.63) is 51.7 Å². The second-order valence-corrected chi connectivity index (χ2v) is 8.62. The lowest BCUT2D eigenvalue weighted by atomic mass is 9.80. The minimum atomic E-state index is -0.995. The normalized spacial score (nSPS) is 23.6. The predicted molar refractivity (Wildman–Crippen MR) is 106 cm³/mol. The number of nitrogens with zero attached hydrogens (tertiary/aromatic N) is 2. The molecule has 1 aromatic heterocycles. The first-order valence-electron chi connectivity index (χ1n) is 9.69. The van der Waals surface area contributed by atoms with Gasteiger partial charge in [-0.25, -0.2) is 4.79 Å². The SMILES string of the molecule is O=C1N[C@@]2(CCCc3sccc32)C(=O)N1CC(=O)N1CCCc2ccccc21. The molecule has 5 rings (SSSR count). The summed E-state index contributed by atoms with van der Waals surface area (Å²) in [5, 5.41) is 4.88. The Kier molecular flexibility index (Phi) is 4.01. The summed E-state index contributed by atoms with van der Waals surface area (Å²) in [6.45, 7) is 0.388. The number of amides is 4. The summed E-state index contributed by atoms with van der Waals surface area (Å²) in [5.41, 5.74) is 1.93. The summed E-state index contributed by atoms with van der Waals surface area (Å²) in [6, 6.07) is 9.30. The first-order valence-corrected chi connectivity index (χ1v) is 10.6. The molecular weight excluding hydrogens is 374 g/mol. The highest BCUT2D eigenvalue weighted by molar-refractivity contribution is 7.10. The van der Waals surface area contributed by atoms with Gasteiger partial charge < -0.3 is 10.2 Å². The number of imide groups is 1. The number of hydrogen-bond donors (Lipinski definition) is 1. The second-order valence-electron chi connectivity index (χ2n) is 7.62. The lowest BCUT2D eigenvalue weighted by molar-refractivity contribution is -0.135. The Bertz CT molecular complexity index is 985. The quantitative estimate of drug-likeness (QED) is 0.795. The number of nitrogens with one attached hydrogen (secondary N) is 1. The zero-order valence-corrected chi connectivity index (χ0v) is 16.3. The number of carbonyl (C=O) groups excluding carboxylic acids is 3. The lowest BCUT2D eigenvalue weighted by Crippen LogP contribution is -2.47. The molecule has 2 aromatic rings. The summed E-state index contributed by atoms with van der Waals surface area (Å²) in [6.07, 6.45) is 4.18. The van der Waals surface area contributed by atoms with Crippen molar-refractivity contribution >= 4 is 34.9 Å². The fourth-order valence-corrected chi connectivity index (χ4v) is 5.70. The van der Waals surface area contributed by atoms with Crippen molar-refractivity contribution in [2.45, 2.75) is 37.6 Å². The molecule has 1 aliphatic carbocycles. The van der Waals surface area contributed by atoms with Crippen LogP contribution in [-0.2, 0) is 28.0 Å². The number of rotatable bonds is 2. The van der Waals surface area contributed by atoms with E-state index in [4.69, 9.17) is 0 Å². The molecule has 2 aliphatic heterocycles. The summed E-state index contributed by atoms with van der Waals surface area (Å²) in [5.74, 6) is -0.510. The van der Waals surface area contributed by atoms with Gasteiger partial charge in [-0.1, -0.05) is 18.2 Å². The van der Waals surface area contributed by atoms with E-state index < -0.39 is 11.6 Å². The summed E-state index contributed by atoms with van der Waals surface area (Å²) >= 11 is 1.62. The van der Waals surface area contributed by atoms with Crippen molar-refractivity contribution in [1.29, 1.82) is 0 Å². The Morgan fingerprint density at radius 2 is 2.00 bits per heavy atom. The third-order valence-electron chi connectivity index (χ3n) is 6.04. The topological polar surface area (TPSA) is 69.7 Å². The molecule has 0 unspecified atom stereocenters. The number of urea groups is 1. The Morgan fingerprint density at radius 1 is 1.14 bits per heavy atom. The van der Waals surface area contributed by atoms with Crippen LogP contribution in [0.25, 0.3) is 0 Å². The van der Waals surface area contributed by atoms with E-state index in [0.717, 1.165) is 52.3 Å². The van der Waals surface area contributed by atoms with Crippen molar-refractivity contribution < 1.29 is 14.4 Å². The molecular formula is C21H21N3O3S. The summed E-state index contributed by atoms with van der Waals surface area (Å²) < 4.78 is 0. The smallest absolute Gasteiger partial charge is 0.319 e. The van der Waals surface area contributed by atoms with Crippen LogP contribution in [0.5, 0.6) is 0 Å². The van der Waals surface area contributed by atoms with Crippen LogP contribution >= 0.6 is 11.3 Å². The van der Waals surface area contributed by atoms with Crippen LogP contribution in [0.4, 0.5) is 10.5 Å². The average Bonchev–Trinajstić information content (AvgIpc) is 3.28. The van der Waals surface area contributed by atoms with E-state index in [2.05, 4.69) is 5.32 Å². The highest BCUT2D eigenvalue weighted by Crippen LogP contribution is 2.42. The fraction of sp³-hybridized carbons (Fsp3) is 0.381. The maximum absolute atomic E-state index is 13.3. The molecule has 0 saturated carbocycles. The number of carbonyl (C=O) groups is 3. The molecule has 1 aromatic carbocycles. The minimum absolute atomic E-state index is 0.214. The van der Waals surface area contributed by atoms with E-state index >= 15 is 0 Å². The third-order valence-corrected chi connectivity index (χ3v) is 7.02. The van der Waals surface area contributed by atoms with Gasteiger partial charge in [0, 0.05) is 22.7 Å². The number of fused-ring (bicyclic) bond motifs is 3. The molecule has 1 spiro atoms. The zero-order chi connectivity index (χ0) is 19.3. The fourth-order valence-electron chi connectivity index (χ4n) is 4.70. The standard InChI is InChI=1S/C21H21N3O3S/c25-18(23-11-4-6-14-5-1-2-7-16(14)23)13-24-19(26)21(22-20(24)27)10-3-8-17-15(21)9-12-28-17/h1-2,5,7,9,12H,3-4,6,8,10-11,13H2,(H,22,27)/t21-/m1/s1. The first-order chi connectivity index (χ1) is 13.6. The van der Waals surface area contributed by atoms with E-state index in [9.17, 15) is 14.4 Å². The number of aryl methyl sites for hydroxylation is 2. The van der Waals surface area contributed by atoms with Crippen molar-refractivity contribution in [1.82, 2.24) is 10.2 Å². The van der Waals surface area contributed by atoms with Gasteiger partial charge in [-0.15, -0.1) is 11.3 Å². The van der Waals surface area contributed by atoms with Gasteiger partial charge in [-0.05, 0) is 55.2 Å². The molecule has 28 heavy (non-hydrogen) atoms. The summed E-state index contributed by atoms with van der Waals surface area (Å²) in [4.78, 5) is 43.0. The molecule has 1 N–H and O–H groups in total. The number of hydrogen-bond acceptors (Lipinski definition) is 4. The minimum Gasteiger partial charge on any atom is -0.319 e. The zero-order valence-electron chi connectivity index (χ0n) is 15.4. The number of para-hydroxylation sites is 1. The van der Waals surface area contributed by atoms with Crippen LogP contribution in [0, 0.1) is 0 Å². The maximum Gasteiger partial charge on any atom is 0.325 e. The van der Waals surface area contributed by atoms with Gasteiger partial charge >= 0.3 is 6.03 Å². The summed E-state index contributed by atoms with van der Waals surface area (Å²) in [7, 11) is 0. The number of anilines is 1. The van der Waals surface area contributed by atoms with E-state index in [-0.39, 0.29) is 18.4 Å². The van der Waals surface area contributed by atoms with Gasteiger partial charge in [-0.2, -0.15) is 0 Å².